The molecule has 5 heteroatoms. The van der Waals surface area contributed by atoms with Gasteiger partial charge in [0.15, 0.2) is 0 Å². The number of aliphatic hydroxyl groups is 3. The number of unbranched alkanes of at least 4 members (excludes halogenated alkanes) is 3. The lowest BCUT2D eigenvalue weighted by Gasteiger charge is -2.40. The van der Waals surface area contributed by atoms with E-state index in [1.807, 2.05) is 0 Å². The Kier molecular flexibility index (Phi) is 9.39. The van der Waals surface area contributed by atoms with Crippen LogP contribution in [0, 0.1) is 0 Å². The Morgan fingerprint density at radius 3 is 2.55 bits per heavy atom. The van der Waals surface area contributed by atoms with E-state index in [-0.39, 0.29) is 12.6 Å². The molecule has 120 valence electrons. The summed E-state index contributed by atoms with van der Waals surface area (Å²) in [5.74, 6) is 0. The van der Waals surface area contributed by atoms with Gasteiger partial charge in [-0.2, -0.15) is 0 Å². The smallest absolute Gasteiger partial charge is 0.0976 e. The van der Waals surface area contributed by atoms with Crippen LogP contribution in [0.3, 0.4) is 0 Å². The van der Waals surface area contributed by atoms with Crippen molar-refractivity contribution in [3.63, 3.8) is 0 Å². The third kappa shape index (κ3) is 6.06. The van der Waals surface area contributed by atoms with Crippen molar-refractivity contribution in [2.75, 3.05) is 32.9 Å². The van der Waals surface area contributed by atoms with Crippen molar-refractivity contribution in [3.8, 4) is 0 Å². The average Bonchev–Trinajstić information content (AvgIpc) is 2.45. The molecule has 1 fully saturated rings. The van der Waals surface area contributed by atoms with E-state index in [1.165, 1.54) is 6.42 Å². The van der Waals surface area contributed by atoms with Crippen LogP contribution in [0.25, 0.3) is 0 Å². The minimum absolute atomic E-state index is 0.0989. The molecule has 1 rings (SSSR count). The molecule has 3 N–H and O–H groups in total. The molecule has 20 heavy (non-hydrogen) atoms. The third-order valence-corrected chi connectivity index (χ3v) is 4.03. The second-order valence-corrected chi connectivity index (χ2v) is 5.66. The van der Waals surface area contributed by atoms with Crippen LogP contribution in [0.2, 0.25) is 0 Å². The molecule has 1 heterocycles. The van der Waals surface area contributed by atoms with Crippen LogP contribution in [0.4, 0.5) is 0 Å². The molecule has 3 atom stereocenters. The van der Waals surface area contributed by atoms with Crippen molar-refractivity contribution >= 4 is 0 Å². The summed E-state index contributed by atoms with van der Waals surface area (Å²) in [6, 6.07) is -0.320. The van der Waals surface area contributed by atoms with Gasteiger partial charge in [-0.1, -0.05) is 13.3 Å². The molecule has 0 aromatic carbocycles. The number of hydrogen-bond donors (Lipinski definition) is 3. The topological polar surface area (TPSA) is 73.2 Å². The van der Waals surface area contributed by atoms with Gasteiger partial charge in [-0.15, -0.1) is 0 Å². The maximum absolute atomic E-state index is 9.86. The number of likely N-dealkylation sites (tertiary alicyclic amines) is 1. The molecular weight excluding hydrogens is 258 g/mol. The van der Waals surface area contributed by atoms with Gasteiger partial charge < -0.3 is 20.1 Å². The molecule has 0 spiro atoms. The number of piperidine rings is 1. The SMILES string of the molecule is CCCCOCCCCCN1CC[C@@H](O)[C@H](O)[C@H]1CO. The summed E-state index contributed by atoms with van der Waals surface area (Å²) in [7, 11) is 0. The Bertz CT molecular complexity index is 240. The van der Waals surface area contributed by atoms with Gasteiger partial charge in [0.05, 0.1) is 24.9 Å². The quantitative estimate of drug-likeness (QED) is 0.518. The van der Waals surface area contributed by atoms with Gasteiger partial charge in [0.1, 0.15) is 0 Å². The normalized spacial score (nSPS) is 27.9. The average molecular weight is 289 g/mol. The standard InChI is InChI=1S/C15H31NO4/c1-2-3-10-20-11-6-4-5-8-16-9-7-14(18)15(19)13(16)12-17/h13-15,17-19H,2-12H2,1H3/t13-,14-,15-/m1/s1. The molecule has 0 unspecified atom stereocenters. The second kappa shape index (κ2) is 10.5. The molecule has 0 bridgehead atoms. The highest BCUT2D eigenvalue weighted by Gasteiger charge is 2.34. The van der Waals surface area contributed by atoms with E-state index in [0.717, 1.165) is 52.0 Å². The summed E-state index contributed by atoms with van der Waals surface area (Å²) in [5.41, 5.74) is 0. The molecule has 0 aromatic heterocycles. The van der Waals surface area contributed by atoms with Crippen LogP contribution < -0.4 is 0 Å². The molecule has 0 saturated carbocycles. The fourth-order valence-electron chi connectivity index (χ4n) is 2.65. The second-order valence-electron chi connectivity index (χ2n) is 5.66. The third-order valence-electron chi connectivity index (χ3n) is 4.03. The maximum Gasteiger partial charge on any atom is 0.0976 e. The van der Waals surface area contributed by atoms with Crippen molar-refractivity contribution in [1.82, 2.24) is 4.90 Å². The molecule has 0 amide bonds. The molecule has 0 radical (unpaired) electrons. The molecule has 0 aliphatic carbocycles. The van der Waals surface area contributed by atoms with Gasteiger partial charge in [0, 0.05) is 19.8 Å². The minimum Gasteiger partial charge on any atom is -0.395 e. The first-order valence-corrected chi connectivity index (χ1v) is 7.99. The largest absolute Gasteiger partial charge is 0.395 e. The van der Waals surface area contributed by atoms with Gasteiger partial charge in [0.2, 0.25) is 0 Å². The molecule has 5 nitrogen and oxygen atoms in total. The Morgan fingerprint density at radius 1 is 1.10 bits per heavy atom. The van der Waals surface area contributed by atoms with E-state index < -0.39 is 12.2 Å². The Labute approximate surface area is 122 Å². The monoisotopic (exact) mass is 289 g/mol. The number of aliphatic hydroxyl groups excluding tert-OH is 3. The lowest BCUT2D eigenvalue weighted by Crippen LogP contribution is -2.56. The Hall–Kier alpha value is -0.200. The molecule has 0 aromatic rings. The predicted molar refractivity (Wildman–Crippen MR) is 78.7 cm³/mol. The highest BCUT2D eigenvalue weighted by Crippen LogP contribution is 2.18. The number of hydrogen-bond acceptors (Lipinski definition) is 5. The van der Waals surface area contributed by atoms with E-state index in [1.54, 1.807) is 0 Å². The maximum atomic E-state index is 9.86. The van der Waals surface area contributed by atoms with Crippen LogP contribution in [0.15, 0.2) is 0 Å². The number of ether oxygens (including phenoxy) is 1. The molecule has 1 saturated heterocycles. The van der Waals surface area contributed by atoms with E-state index >= 15 is 0 Å². The van der Waals surface area contributed by atoms with Crippen molar-refractivity contribution in [2.24, 2.45) is 0 Å². The lowest BCUT2D eigenvalue weighted by molar-refractivity contribution is -0.0897. The van der Waals surface area contributed by atoms with Crippen molar-refractivity contribution in [1.29, 1.82) is 0 Å². The fraction of sp³-hybridized carbons (Fsp3) is 1.00. The van der Waals surface area contributed by atoms with Crippen molar-refractivity contribution in [3.05, 3.63) is 0 Å². The van der Waals surface area contributed by atoms with Crippen molar-refractivity contribution in [2.45, 2.75) is 63.7 Å². The lowest BCUT2D eigenvalue weighted by atomic mass is 9.96. The first-order chi connectivity index (χ1) is 9.70. The van der Waals surface area contributed by atoms with E-state index in [0.29, 0.717) is 6.42 Å². The van der Waals surface area contributed by atoms with Gasteiger partial charge in [-0.05, 0) is 38.6 Å². The summed E-state index contributed by atoms with van der Waals surface area (Å²) in [6.45, 7) is 5.35. The van der Waals surface area contributed by atoms with E-state index in [2.05, 4.69) is 11.8 Å². The zero-order valence-electron chi connectivity index (χ0n) is 12.7. The molecule has 1 aliphatic rings. The first-order valence-electron chi connectivity index (χ1n) is 7.99. The first kappa shape index (κ1) is 17.9. The van der Waals surface area contributed by atoms with E-state index in [9.17, 15) is 15.3 Å². The minimum atomic E-state index is -0.828. The fourth-order valence-corrected chi connectivity index (χ4v) is 2.65. The molecular formula is C15H31NO4. The summed E-state index contributed by atoms with van der Waals surface area (Å²) >= 11 is 0. The zero-order valence-corrected chi connectivity index (χ0v) is 12.7. The van der Waals surface area contributed by atoms with Crippen LogP contribution in [0.1, 0.15) is 45.4 Å². The van der Waals surface area contributed by atoms with Gasteiger partial charge in [0.25, 0.3) is 0 Å². The summed E-state index contributed by atoms with van der Waals surface area (Å²) in [5, 5.41) is 28.8. The number of nitrogens with zero attached hydrogens (tertiary/aromatic N) is 1. The van der Waals surface area contributed by atoms with Gasteiger partial charge >= 0.3 is 0 Å². The molecule has 1 aliphatic heterocycles. The van der Waals surface area contributed by atoms with Crippen LogP contribution >= 0.6 is 0 Å². The zero-order chi connectivity index (χ0) is 14.8. The summed E-state index contributed by atoms with van der Waals surface area (Å²) in [4.78, 5) is 2.09. The predicted octanol–water partition coefficient (Wildman–Crippen LogP) is 0.762. The van der Waals surface area contributed by atoms with Crippen LogP contribution in [0.5, 0.6) is 0 Å². The summed E-state index contributed by atoms with van der Waals surface area (Å²) < 4.78 is 5.51. The Morgan fingerprint density at radius 2 is 1.85 bits per heavy atom. The van der Waals surface area contributed by atoms with Crippen molar-refractivity contribution < 1.29 is 20.1 Å². The van der Waals surface area contributed by atoms with Crippen LogP contribution in [-0.2, 0) is 4.74 Å². The highest BCUT2D eigenvalue weighted by atomic mass is 16.5. The number of rotatable bonds is 10. The summed E-state index contributed by atoms with van der Waals surface area (Å²) in [6.07, 6.45) is 4.56. The van der Waals surface area contributed by atoms with Gasteiger partial charge in [-0.25, -0.2) is 0 Å². The highest BCUT2D eigenvalue weighted by molar-refractivity contribution is 4.88. The van der Waals surface area contributed by atoms with E-state index in [4.69, 9.17) is 4.74 Å². The van der Waals surface area contributed by atoms with Gasteiger partial charge in [-0.3, -0.25) is 4.90 Å². The Balaban J connectivity index is 2.08. The van der Waals surface area contributed by atoms with Crippen LogP contribution in [-0.4, -0.2) is 71.4 Å².